The van der Waals surface area contributed by atoms with Crippen LogP contribution in [0.25, 0.3) is 0 Å². The van der Waals surface area contributed by atoms with Gasteiger partial charge in [0, 0.05) is 50.9 Å². The van der Waals surface area contributed by atoms with Crippen LogP contribution in [0.3, 0.4) is 0 Å². The first kappa shape index (κ1) is 24.7. The molecule has 2 aliphatic rings. The Hall–Kier alpha value is -2.44. The largest absolute Gasteiger partial charge is 0.490 e. The normalized spacial score (nSPS) is 23.5. The summed E-state index contributed by atoms with van der Waals surface area (Å²) in [5, 5.41) is 3.58. The summed E-state index contributed by atoms with van der Waals surface area (Å²) in [7, 11) is 1.89. The minimum Gasteiger partial charge on any atom is -0.490 e. The van der Waals surface area contributed by atoms with Crippen molar-refractivity contribution in [2.45, 2.75) is 64.6 Å². The van der Waals surface area contributed by atoms with Gasteiger partial charge in [-0.15, -0.1) is 0 Å². The second-order valence-electron chi connectivity index (χ2n) is 9.85. The number of piperazine rings is 1. The summed E-state index contributed by atoms with van der Waals surface area (Å²) in [6, 6.07) is 13.2. The molecule has 1 heterocycles. The lowest BCUT2D eigenvalue weighted by Crippen LogP contribution is -2.49. The van der Waals surface area contributed by atoms with Crippen LogP contribution in [-0.2, 0) is 11.3 Å². The lowest BCUT2D eigenvalue weighted by Gasteiger charge is -2.34. The first-order chi connectivity index (χ1) is 16.4. The van der Waals surface area contributed by atoms with Crippen LogP contribution in [0.5, 0.6) is 5.75 Å². The van der Waals surface area contributed by atoms with Gasteiger partial charge < -0.3 is 15.0 Å². The Morgan fingerprint density at radius 1 is 1.15 bits per heavy atom. The molecule has 1 N–H and O–H groups in total. The molecule has 34 heavy (non-hydrogen) atoms. The zero-order chi connectivity index (χ0) is 24.1. The van der Waals surface area contributed by atoms with E-state index in [1.165, 1.54) is 23.3 Å². The van der Waals surface area contributed by atoms with Crippen LogP contribution in [0.1, 0.15) is 50.2 Å². The Balaban J connectivity index is 1.30. The highest BCUT2D eigenvalue weighted by atomic mass is 19.1. The van der Waals surface area contributed by atoms with E-state index in [0.717, 1.165) is 64.0 Å². The van der Waals surface area contributed by atoms with Crippen LogP contribution < -0.4 is 15.0 Å². The summed E-state index contributed by atoms with van der Waals surface area (Å²) in [6.45, 7) is 8.55. The zero-order valence-corrected chi connectivity index (χ0v) is 20.7. The van der Waals surface area contributed by atoms with Crippen molar-refractivity contribution >= 4 is 11.6 Å². The Morgan fingerprint density at radius 3 is 2.56 bits per heavy atom. The smallest absolute Gasteiger partial charge is 0.229 e. The van der Waals surface area contributed by atoms with Gasteiger partial charge in [-0.2, -0.15) is 0 Å². The summed E-state index contributed by atoms with van der Waals surface area (Å²) >= 11 is 0. The molecule has 184 valence electrons. The highest BCUT2D eigenvalue weighted by Crippen LogP contribution is 2.30. The van der Waals surface area contributed by atoms with Gasteiger partial charge in [-0.1, -0.05) is 13.0 Å². The lowest BCUT2D eigenvalue weighted by atomic mass is 9.86. The van der Waals surface area contributed by atoms with Gasteiger partial charge in [0.15, 0.2) is 0 Å². The van der Waals surface area contributed by atoms with Gasteiger partial charge in [0.05, 0.1) is 6.10 Å². The van der Waals surface area contributed by atoms with Crippen molar-refractivity contribution in [3.05, 3.63) is 59.4 Å². The van der Waals surface area contributed by atoms with Crippen LogP contribution in [0.2, 0.25) is 0 Å². The number of ether oxygens (including phenoxy) is 1. The van der Waals surface area contributed by atoms with Crippen molar-refractivity contribution in [1.82, 2.24) is 10.2 Å². The fourth-order valence-electron chi connectivity index (χ4n) is 5.15. The average Bonchev–Trinajstić information content (AvgIpc) is 2.86. The predicted molar refractivity (Wildman–Crippen MR) is 135 cm³/mol. The van der Waals surface area contributed by atoms with E-state index in [4.69, 9.17) is 4.74 Å². The average molecular weight is 468 g/mol. The van der Waals surface area contributed by atoms with Crippen molar-refractivity contribution in [2.24, 2.45) is 5.92 Å². The van der Waals surface area contributed by atoms with Gasteiger partial charge in [0.2, 0.25) is 5.91 Å². The van der Waals surface area contributed by atoms with E-state index < -0.39 is 0 Å². The third-order valence-corrected chi connectivity index (χ3v) is 7.41. The van der Waals surface area contributed by atoms with Crippen LogP contribution in [-0.4, -0.2) is 49.6 Å². The Labute approximate surface area is 203 Å². The van der Waals surface area contributed by atoms with Gasteiger partial charge >= 0.3 is 0 Å². The number of halogens is 1. The Bertz CT molecular complexity index is 957. The Kier molecular flexibility index (Phi) is 8.22. The maximum Gasteiger partial charge on any atom is 0.229 e. The highest BCUT2D eigenvalue weighted by molar-refractivity contribution is 5.94. The molecule has 4 rings (SSSR count). The number of carbonyl (C=O) groups is 1. The quantitative estimate of drug-likeness (QED) is 0.628. The number of nitrogens with one attached hydrogen (secondary N) is 1. The molecule has 1 saturated heterocycles. The van der Waals surface area contributed by atoms with Crippen LogP contribution >= 0.6 is 0 Å². The molecule has 1 amide bonds. The first-order valence-corrected chi connectivity index (χ1v) is 12.7. The van der Waals surface area contributed by atoms with Crippen LogP contribution in [0, 0.1) is 18.7 Å². The predicted octanol–water partition coefficient (Wildman–Crippen LogP) is 4.92. The molecule has 1 aliphatic heterocycles. The lowest BCUT2D eigenvalue weighted by molar-refractivity contribution is -0.123. The number of aryl methyl sites for hydroxylation is 1. The van der Waals surface area contributed by atoms with E-state index in [1.54, 1.807) is 12.1 Å². The number of carbonyl (C=O) groups excluding carboxylic acids is 1. The molecule has 0 aromatic heterocycles. The summed E-state index contributed by atoms with van der Waals surface area (Å²) in [6.07, 6.45) is 4.54. The van der Waals surface area contributed by atoms with Crippen molar-refractivity contribution in [1.29, 1.82) is 0 Å². The molecule has 1 saturated carbocycles. The van der Waals surface area contributed by atoms with Crippen LogP contribution in [0.4, 0.5) is 10.1 Å². The van der Waals surface area contributed by atoms with Crippen molar-refractivity contribution < 1.29 is 13.9 Å². The van der Waals surface area contributed by atoms with Gasteiger partial charge in [-0.3, -0.25) is 9.69 Å². The number of rotatable bonds is 7. The first-order valence-electron chi connectivity index (χ1n) is 12.7. The van der Waals surface area contributed by atoms with E-state index in [0.29, 0.717) is 11.8 Å². The maximum absolute atomic E-state index is 13.2. The molecule has 0 radical (unpaired) electrons. The molecule has 1 atom stereocenters. The van der Waals surface area contributed by atoms with Crippen molar-refractivity contribution in [3.63, 3.8) is 0 Å². The molecule has 2 fully saturated rings. The molecule has 0 spiro atoms. The molecule has 0 unspecified atom stereocenters. The van der Waals surface area contributed by atoms with Gasteiger partial charge in [-0.25, -0.2) is 4.39 Å². The van der Waals surface area contributed by atoms with E-state index in [9.17, 15) is 9.18 Å². The maximum atomic E-state index is 13.2. The topological polar surface area (TPSA) is 44.8 Å². The molecule has 6 heteroatoms. The van der Waals surface area contributed by atoms with Gasteiger partial charge in [0.1, 0.15) is 11.6 Å². The minimum absolute atomic E-state index is 0.0184. The number of nitrogens with zero attached hydrogens (tertiary/aromatic N) is 2. The van der Waals surface area contributed by atoms with E-state index in [1.807, 2.05) is 11.9 Å². The standard InChI is InChI=1S/C28H38FN3O2/c1-4-24-19-32(16-15-30-24)18-22-5-10-25(17-20(22)2)31(3)28(33)21-6-11-26(12-7-21)34-27-13-8-23(29)9-14-27/h5,8-10,13-14,17,21,24,26,30H,4,6-7,11-12,15-16,18-19H2,1-3H3/t21-,24-,26-/m0/s1. The SMILES string of the molecule is CC[C@H]1CN(Cc2ccc(N(C)C(=O)[C@H]3CC[C@H](Oc4ccc(F)cc4)CC3)cc2C)CCN1. The summed E-state index contributed by atoms with van der Waals surface area (Å²) in [4.78, 5) is 17.6. The van der Waals surface area contributed by atoms with Gasteiger partial charge in [0.25, 0.3) is 0 Å². The summed E-state index contributed by atoms with van der Waals surface area (Å²) in [5.41, 5.74) is 3.53. The molecule has 5 nitrogen and oxygen atoms in total. The molecule has 2 aromatic carbocycles. The second-order valence-corrected chi connectivity index (χ2v) is 9.85. The number of hydrogen-bond acceptors (Lipinski definition) is 4. The van der Waals surface area contributed by atoms with Crippen molar-refractivity contribution in [2.75, 3.05) is 31.6 Å². The summed E-state index contributed by atoms with van der Waals surface area (Å²) < 4.78 is 19.1. The van der Waals surface area contributed by atoms with Gasteiger partial charge in [-0.05, 0) is 86.6 Å². The molecule has 1 aliphatic carbocycles. The number of amides is 1. The molecular weight excluding hydrogens is 429 g/mol. The fourth-order valence-corrected chi connectivity index (χ4v) is 5.15. The van der Waals surface area contributed by atoms with Crippen molar-refractivity contribution in [3.8, 4) is 5.75 Å². The minimum atomic E-state index is -0.262. The summed E-state index contributed by atoms with van der Waals surface area (Å²) in [5.74, 6) is 0.627. The van der Waals surface area contributed by atoms with E-state index >= 15 is 0 Å². The number of anilines is 1. The van der Waals surface area contributed by atoms with E-state index in [-0.39, 0.29) is 23.7 Å². The third-order valence-electron chi connectivity index (χ3n) is 7.41. The van der Waals surface area contributed by atoms with Crippen LogP contribution in [0.15, 0.2) is 42.5 Å². The Morgan fingerprint density at radius 2 is 1.88 bits per heavy atom. The second kappa shape index (κ2) is 11.3. The number of benzene rings is 2. The molecular formula is C28H38FN3O2. The molecule has 2 aromatic rings. The monoisotopic (exact) mass is 467 g/mol. The highest BCUT2D eigenvalue weighted by Gasteiger charge is 2.30. The van der Waals surface area contributed by atoms with E-state index in [2.05, 4.69) is 42.3 Å². The number of hydrogen-bond donors (Lipinski definition) is 1. The molecule has 0 bridgehead atoms. The third kappa shape index (κ3) is 6.16. The fraction of sp³-hybridized carbons (Fsp3) is 0.536. The zero-order valence-electron chi connectivity index (χ0n) is 20.7.